The molecule has 0 bridgehead atoms. The van der Waals surface area contributed by atoms with Crippen LogP contribution in [0.2, 0.25) is 0 Å². The summed E-state index contributed by atoms with van der Waals surface area (Å²) in [6, 6.07) is 17.0. The number of anilines is 1. The van der Waals surface area contributed by atoms with Gasteiger partial charge >= 0.3 is 0 Å². The van der Waals surface area contributed by atoms with E-state index >= 15 is 0 Å². The molecule has 2 aliphatic rings. The molecule has 1 saturated heterocycles. The summed E-state index contributed by atoms with van der Waals surface area (Å²) in [6.07, 6.45) is 9.08. The van der Waals surface area contributed by atoms with E-state index in [1.807, 2.05) is 24.3 Å². The van der Waals surface area contributed by atoms with Gasteiger partial charge in [0, 0.05) is 18.3 Å². The van der Waals surface area contributed by atoms with E-state index in [-0.39, 0.29) is 5.91 Å². The van der Waals surface area contributed by atoms with Crippen LogP contribution in [0.3, 0.4) is 0 Å². The highest BCUT2D eigenvalue weighted by atomic mass is 16.5. The predicted octanol–water partition coefficient (Wildman–Crippen LogP) is 6.09. The molecule has 1 aliphatic heterocycles. The summed E-state index contributed by atoms with van der Waals surface area (Å²) < 4.78 is 5.95. The molecular formula is C28H38N2O2. The summed E-state index contributed by atoms with van der Waals surface area (Å²) in [5.74, 6) is 0.979. The molecule has 1 amide bonds. The standard InChI is InChI=1S/C28H38N2O2/c1-22-9-11-24(12-10-22)28(17-4-5-18-28)27(31)29-25-13-15-26(16-14-25)32-21-7-20-30-19-6-3-8-23(30)2/h9-16,23H,3-8,17-21H2,1-2H3,(H,29,31)/t23-/m0/s1. The Morgan fingerprint density at radius 1 is 1.03 bits per heavy atom. The van der Waals surface area contributed by atoms with Gasteiger partial charge in [0.25, 0.3) is 0 Å². The molecule has 1 heterocycles. The normalized spacial score (nSPS) is 20.8. The summed E-state index contributed by atoms with van der Waals surface area (Å²) in [5, 5.41) is 3.18. The van der Waals surface area contributed by atoms with Crippen LogP contribution in [0.25, 0.3) is 0 Å². The lowest BCUT2D eigenvalue weighted by molar-refractivity contribution is -0.121. The van der Waals surface area contributed by atoms with E-state index in [0.717, 1.165) is 62.3 Å². The summed E-state index contributed by atoms with van der Waals surface area (Å²) in [6.45, 7) is 7.48. The highest BCUT2D eigenvalue weighted by molar-refractivity contribution is 5.99. The number of nitrogens with one attached hydrogen (secondary N) is 1. The molecule has 0 spiro atoms. The van der Waals surface area contributed by atoms with E-state index in [4.69, 9.17) is 4.74 Å². The molecule has 2 aromatic carbocycles. The third-order valence-corrected chi connectivity index (χ3v) is 7.41. The van der Waals surface area contributed by atoms with Crippen molar-refractivity contribution in [2.24, 2.45) is 0 Å². The van der Waals surface area contributed by atoms with Crippen LogP contribution in [0.15, 0.2) is 48.5 Å². The third kappa shape index (κ3) is 5.35. The molecule has 0 unspecified atom stereocenters. The van der Waals surface area contributed by atoms with Crippen LogP contribution in [-0.2, 0) is 10.2 Å². The molecule has 4 nitrogen and oxygen atoms in total. The number of carbonyl (C=O) groups is 1. The lowest BCUT2D eigenvalue weighted by atomic mass is 9.77. The fraction of sp³-hybridized carbons (Fsp3) is 0.536. The van der Waals surface area contributed by atoms with Gasteiger partial charge in [0.1, 0.15) is 5.75 Å². The maximum atomic E-state index is 13.3. The maximum Gasteiger partial charge on any atom is 0.235 e. The average Bonchev–Trinajstić information content (AvgIpc) is 3.31. The Labute approximate surface area is 193 Å². The second-order valence-electron chi connectivity index (χ2n) is 9.72. The quantitative estimate of drug-likeness (QED) is 0.511. The molecule has 172 valence electrons. The molecular weight excluding hydrogens is 396 g/mol. The van der Waals surface area contributed by atoms with Gasteiger partial charge in [-0.2, -0.15) is 0 Å². The van der Waals surface area contributed by atoms with Gasteiger partial charge in [-0.3, -0.25) is 4.79 Å². The lowest BCUT2D eigenvalue weighted by Gasteiger charge is -2.33. The fourth-order valence-corrected chi connectivity index (χ4v) is 5.33. The van der Waals surface area contributed by atoms with Crippen molar-refractivity contribution >= 4 is 11.6 Å². The van der Waals surface area contributed by atoms with Crippen LogP contribution < -0.4 is 10.1 Å². The molecule has 1 atom stereocenters. The van der Waals surface area contributed by atoms with E-state index in [0.29, 0.717) is 6.04 Å². The van der Waals surface area contributed by atoms with E-state index in [1.54, 1.807) is 0 Å². The van der Waals surface area contributed by atoms with Crippen molar-refractivity contribution < 1.29 is 9.53 Å². The van der Waals surface area contributed by atoms with Crippen LogP contribution in [0.1, 0.15) is 69.4 Å². The number of rotatable bonds is 8. The van der Waals surface area contributed by atoms with E-state index in [2.05, 4.69) is 48.3 Å². The van der Waals surface area contributed by atoms with Crippen LogP contribution in [0.5, 0.6) is 5.75 Å². The minimum Gasteiger partial charge on any atom is -0.494 e. The highest BCUT2D eigenvalue weighted by Crippen LogP contribution is 2.42. The van der Waals surface area contributed by atoms with E-state index < -0.39 is 5.41 Å². The Morgan fingerprint density at radius 3 is 2.44 bits per heavy atom. The van der Waals surface area contributed by atoms with Crippen molar-refractivity contribution in [3.63, 3.8) is 0 Å². The van der Waals surface area contributed by atoms with Crippen LogP contribution in [0, 0.1) is 6.92 Å². The Hall–Kier alpha value is -2.33. The topological polar surface area (TPSA) is 41.6 Å². The second kappa shape index (κ2) is 10.5. The van der Waals surface area contributed by atoms with Crippen molar-refractivity contribution in [3.8, 4) is 5.75 Å². The number of nitrogens with zero attached hydrogens (tertiary/aromatic N) is 1. The average molecular weight is 435 g/mol. The zero-order chi connectivity index (χ0) is 22.4. The number of hydrogen-bond donors (Lipinski definition) is 1. The van der Waals surface area contributed by atoms with Gasteiger partial charge < -0.3 is 15.0 Å². The number of aryl methyl sites for hydroxylation is 1. The Balaban J connectivity index is 1.30. The zero-order valence-electron chi connectivity index (χ0n) is 19.7. The van der Waals surface area contributed by atoms with Crippen molar-refractivity contribution in [2.75, 3.05) is 25.0 Å². The minimum atomic E-state index is -0.408. The molecule has 32 heavy (non-hydrogen) atoms. The first-order valence-corrected chi connectivity index (χ1v) is 12.4. The molecule has 0 aromatic heterocycles. The first-order chi connectivity index (χ1) is 15.6. The molecule has 1 saturated carbocycles. The smallest absolute Gasteiger partial charge is 0.235 e. The first-order valence-electron chi connectivity index (χ1n) is 12.4. The molecule has 4 rings (SSSR count). The number of ether oxygens (including phenoxy) is 1. The zero-order valence-corrected chi connectivity index (χ0v) is 19.7. The van der Waals surface area contributed by atoms with Gasteiger partial charge in [-0.05, 0) is 82.3 Å². The Bertz CT molecular complexity index is 869. The first kappa shape index (κ1) is 22.8. The van der Waals surface area contributed by atoms with Gasteiger partial charge in [-0.15, -0.1) is 0 Å². The van der Waals surface area contributed by atoms with Gasteiger partial charge in [0.05, 0.1) is 12.0 Å². The van der Waals surface area contributed by atoms with Gasteiger partial charge in [-0.1, -0.05) is 49.1 Å². The summed E-state index contributed by atoms with van der Waals surface area (Å²) in [5.41, 5.74) is 2.79. The Morgan fingerprint density at radius 2 is 1.75 bits per heavy atom. The van der Waals surface area contributed by atoms with Gasteiger partial charge in [-0.25, -0.2) is 0 Å². The van der Waals surface area contributed by atoms with Crippen molar-refractivity contribution in [1.82, 2.24) is 4.90 Å². The largest absolute Gasteiger partial charge is 0.494 e. The van der Waals surface area contributed by atoms with Crippen LogP contribution in [-0.4, -0.2) is 36.5 Å². The van der Waals surface area contributed by atoms with E-state index in [1.165, 1.54) is 31.4 Å². The minimum absolute atomic E-state index is 0.114. The Kier molecular flexibility index (Phi) is 7.51. The van der Waals surface area contributed by atoms with Crippen molar-refractivity contribution in [2.45, 2.75) is 76.7 Å². The molecule has 2 fully saturated rings. The van der Waals surface area contributed by atoms with Gasteiger partial charge in [0.2, 0.25) is 5.91 Å². The van der Waals surface area contributed by atoms with Gasteiger partial charge in [0.15, 0.2) is 0 Å². The lowest BCUT2D eigenvalue weighted by Crippen LogP contribution is -2.38. The number of benzene rings is 2. The van der Waals surface area contributed by atoms with E-state index in [9.17, 15) is 4.79 Å². The fourth-order valence-electron chi connectivity index (χ4n) is 5.33. The molecule has 2 aromatic rings. The molecule has 4 heteroatoms. The SMILES string of the molecule is Cc1ccc(C2(C(=O)Nc3ccc(OCCCN4CCCC[C@@H]4C)cc3)CCCC2)cc1. The predicted molar refractivity (Wildman–Crippen MR) is 131 cm³/mol. The summed E-state index contributed by atoms with van der Waals surface area (Å²) >= 11 is 0. The molecule has 1 aliphatic carbocycles. The monoisotopic (exact) mass is 434 g/mol. The van der Waals surface area contributed by atoms with Crippen LogP contribution >= 0.6 is 0 Å². The van der Waals surface area contributed by atoms with Crippen molar-refractivity contribution in [1.29, 1.82) is 0 Å². The number of carbonyl (C=O) groups excluding carboxylic acids is 1. The summed E-state index contributed by atoms with van der Waals surface area (Å²) in [4.78, 5) is 15.9. The number of amides is 1. The number of hydrogen-bond acceptors (Lipinski definition) is 3. The highest BCUT2D eigenvalue weighted by Gasteiger charge is 2.42. The molecule has 0 radical (unpaired) electrons. The third-order valence-electron chi connectivity index (χ3n) is 7.41. The van der Waals surface area contributed by atoms with Crippen molar-refractivity contribution in [3.05, 3.63) is 59.7 Å². The second-order valence-corrected chi connectivity index (χ2v) is 9.72. The maximum absolute atomic E-state index is 13.3. The number of piperidine rings is 1. The molecule has 1 N–H and O–H groups in total. The summed E-state index contributed by atoms with van der Waals surface area (Å²) in [7, 11) is 0. The number of likely N-dealkylation sites (tertiary alicyclic amines) is 1. The van der Waals surface area contributed by atoms with Crippen LogP contribution in [0.4, 0.5) is 5.69 Å².